The number of nitrogens with one attached hydrogen (secondary N) is 1. The summed E-state index contributed by atoms with van der Waals surface area (Å²) in [6.45, 7) is 2.39. The van der Waals surface area contributed by atoms with Gasteiger partial charge in [-0.25, -0.2) is 4.98 Å². The van der Waals surface area contributed by atoms with E-state index in [2.05, 4.69) is 15.5 Å². The normalized spacial score (nSPS) is 10.8. The maximum atomic E-state index is 12.3. The number of halogens is 1. The molecule has 0 saturated carbocycles. The van der Waals surface area contributed by atoms with E-state index in [4.69, 9.17) is 16.1 Å². The van der Waals surface area contributed by atoms with Gasteiger partial charge in [-0.05, 0) is 36.8 Å². The molecule has 4 aromatic rings. The average molecular weight is 410 g/mol. The summed E-state index contributed by atoms with van der Waals surface area (Å²) in [6.07, 6.45) is 0. The Labute approximate surface area is 171 Å². The molecule has 0 saturated heterocycles. The summed E-state index contributed by atoms with van der Waals surface area (Å²) in [7, 11) is 0. The summed E-state index contributed by atoms with van der Waals surface area (Å²) in [5.74, 6) is 0.230. The van der Waals surface area contributed by atoms with Crippen LogP contribution in [0.25, 0.3) is 22.6 Å². The molecule has 0 radical (unpaired) electrons. The van der Waals surface area contributed by atoms with Gasteiger partial charge in [-0.3, -0.25) is 4.79 Å². The topological polar surface area (TPSA) is 68.0 Å². The molecule has 0 unspecified atom stereocenters. The number of aromatic nitrogens is 2. The number of amides is 1. The maximum absolute atomic E-state index is 12.3. The first kappa shape index (κ1) is 18.4. The van der Waals surface area contributed by atoms with Gasteiger partial charge in [-0.15, -0.1) is 11.3 Å². The summed E-state index contributed by atoms with van der Waals surface area (Å²) in [6, 6.07) is 16.7. The highest BCUT2D eigenvalue weighted by molar-refractivity contribution is 7.09. The minimum Gasteiger partial charge on any atom is -0.355 e. The standard InChI is InChI=1S/C21H16ClN3O2S/c1-13-24-19(12-28-13)15-4-2-14(3-5-15)11-23-21(26)18-10-20(27-25-18)16-6-8-17(22)9-7-16/h2-10,12H,11H2,1H3,(H,23,26). The first-order valence-electron chi connectivity index (χ1n) is 8.61. The second-order valence-electron chi connectivity index (χ2n) is 6.21. The van der Waals surface area contributed by atoms with Crippen LogP contribution in [0, 0.1) is 6.92 Å². The fraction of sp³-hybridized carbons (Fsp3) is 0.0952. The number of rotatable bonds is 5. The summed E-state index contributed by atoms with van der Waals surface area (Å²) in [5.41, 5.74) is 4.06. The second kappa shape index (κ2) is 7.96. The molecule has 140 valence electrons. The van der Waals surface area contributed by atoms with Crippen molar-refractivity contribution in [3.8, 4) is 22.6 Å². The van der Waals surface area contributed by atoms with Crippen molar-refractivity contribution in [1.82, 2.24) is 15.5 Å². The third-order valence-corrected chi connectivity index (χ3v) is 5.22. The molecule has 7 heteroatoms. The summed E-state index contributed by atoms with van der Waals surface area (Å²) >= 11 is 7.51. The largest absolute Gasteiger partial charge is 0.355 e. The predicted octanol–water partition coefficient (Wildman–Crippen LogP) is 5.36. The van der Waals surface area contributed by atoms with E-state index in [9.17, 15) is 4.79 Å². The van der Waals surface area contributed by atoms with E-state index in [1.165, 1.54) is 0 Å². The van der Waals surface area contributed by atoms with Gasteiger partial charge >= 0.3 is 0 Å². The molecule has 0 aliphatic heterocycles. The van der Waals surface area contributed by atoms with Crippen LogP contribution in [0.5, 0.6) is 0 Å². The van der Waals surface area contributed by atoms with Crippen LogP contribution in [-0.2, 0) is 6.54 Å². The zero-order valence-corrected chi connectivity index (χ0v) is 16.6. The van der Waals surface area contributed by atoms with Gasteiger partial charge in [0.05, 0.1) is 10.7 Å². The summed E-state index contributed by atoms with van der Waals surface area (Å²) in [4.78, 5) is 16.8. The van der Waals surface area contributed by atoms with E-state index in [1.54, 1.807) is 29.5 Å². The zero-order valence-electron chi connectivity index (χ0n) is 15.0. The van der Waals surface area contributed by atoms with Gasteiger partial charge in [0.2, 0.25) is 0 Å². The highest BCUT2D eigenvalue weighted by atomic mass is 35.5. The molecule has 0 aliphatic rings. The molecule has 5 nitrogen and oxygen atoms in total. The highest BCUT2D eigenvalue weighted by Gasteiger charge is 2.13. The number of aryl methyl sites for hydroxylation is 1. The number of carbonyl (C=O) groups excluding carboxylic acids is 1. The minimum atomic E-state index is -0.289. The fourth-order valence-corrected chi connectivity index (χ4v) is 3.44. The number of nitrogens with zero attached hydrogens (tertiary/aromatic N) is 2. The molecule has 2 aromatic heterocycles. The lowest BCUT2D eigenvalue weighted by atomic mass is 10.1. The van der Waals surface area contributed by atoms with E-state index in [0.717, 1.165) is 27.4 Å². The Morgan fingerprint density at radius 3 is 2.50 bits per heavy atom. The summed E-state index contributed by atoms with van der Waals surface area (Å²) < 4.78 is 5.27. The third-order valence-electron chi connectivity index (χ3n) is 4.19. The van der Waals surface area contributed by atoms with Gasteiger partial charge in [0.15, 0.2) is 11.5 Å². The lowest BCUT2D eigenvalue weighted by molar-refractivity contribution is 0.0942. The second-order valence-corrected chi connectivity index (χ2v) is 7.71. The molecule has 1 amide bonds. The van der Waals surface area contributed by atoms with E-state index >= 15 is 0 Å². The van der Waals surface area contributed by atoms with Gasteiger partial charge in [0.25, 0.3) is 5.91 Å². The van der Waals surface area contributed by atoms with E-state index in [0.29, 0.717) is 17.3 Å². The molecule has 0 spiro atoms. The Balaban J connectivity index is 1.38. The van der Waals surface area contributed by atoms with Gasteiger partial charge < -0.3 is 9.84 Å². The van der Waals surface area contributed by atoms with Crippen molar-refractivity contribution in [3.63, 3.8) is 0 Å². The van der Waals surface area contributed by atoms with Crippen LogP contribution < -0.4 is 5.32 Å². The Kier molecular flexibility index (Phi) is 5.23. The number of hydrogen-bond acceptors (Lipinski definition) is 5. The van der Waals surface area contributed by atoms with Crippen LogP contribution >= 0.6 is 22.9 Å². The van der Waals surface area contributed by atoms with E-state index < -0.39 is 0 Å². The van der Waals surface area contributed by atoms with Crippen molar-refractivity contribution in [2.45, 2.75) is 13.5 Å². The van der Waals surface area contributed by atoms with Gasteiger partial charge in [0, 0.05) is 34.1 Å². The SMILES string of the molecule is Cc1nc(-c2ccc(CNC(=O)c3cc(-c4ccc(Cl)cc4)on3)cc2)cs1. The van der Waals surface area contributed by atoms with Crippen molar-refractivity contribution in [3.05, 3.63) is 81.3 Å². The van der Waals surface area contributed by atoms with E-state index in [-0.39, 0.29) is 11.6 Å². The minimum absolute atomic E-state index is 0.236. The van der Waals surface area contributed by atoms with Gasteiger partial charge in [-0.1, -0.05) is 41.0 Å². The fourth-order valence-electron chi connectivity index (χ4n) is 2.69. The van der Waals surface area contributed by atoms with Crippen molar-refractivity contribution in [1.29, 1.82) is 0 Å². The Morgan fingerprint density at radius 1 is 1.11 bits per heavy atom. The van der Waals surface area contributed by atoms with Crippen LogP contribution in [0.2, 0.25) is 5.02 Å². The lowest BCUT2D eigenvalue weighted by Crippen LogP contribution is -2.22. The molecular weight excluding hydrogens is 394 g/mol. The Hall–Kier alpha value is -2.96. The number of benzene rings is 2. The molecule has 0 bridgehead atoms. The quantitative estimate of drug-likeness (QED) is 0.482. The van der Waals surface area contributed by atoms with Crippen molar-refractivity contribution in [2.75, 3.05) is 0 Å². The maximum Gasteiger partial charge on any atom is 0.273 e. The van der Waals surface area contributed by atoms with Crippen molar-refractivity contribution >= 4 is 28.8 Å². The number of hydrogen-bond donors (Lipinski definition) is 1. The molecule has 0 atom stereocenters. The molecule has 0 fully saturated rings. The highest BCUT2D eigenvalue weighted by Crippen LogP contribution is 2.23. The molecule has 2 aromatic carbocycles. The van der Waals surface area contributed by atoms with Gasteiger partial charge in [0.1, 0.15) is 0 Å². The van der Waals surface area contributed by atoms with Crippen LogP contribution in [0.3, 0.4) is 0 Å². The van der Waals surface area contributed by atoms with Crippen LogP contribution in [-0.4, -0.2) is 16.0 Å². The van der Waals surface area contributed by atoms with Crippen LogP contribution in [0.15, 0.2) is 64.5 Å². The Bertz CT molecular complexity index is 1100. The molecular formula is C21H16ClN3O2S. The molecule has 4 rings (SSSR count). The van der Waals surface area contributed by atoms with E-state index in [1.807, 2.05) is 48.7 Å². The molecule has 1 N–H and O–H groups in total. The molecule has 28 heavy (non-hydrogen) atoms. The summed E-state index contributed by atoms with van der Waals surface area (Å²) in [5, 5.41) is 10.4. The smallest absolute Gasteiger partial charge is 0.273 e. The molecule has 2 heterocycles. The zero-order chi connectivity index (χ0) is 19.5. The third kappa shape index (κ3) is 4.13. The number of carbonyl (C=O) groups is 1. The first-order chi connectivity index (χ1) is 13.6. The monoisotopic (exact) mass is 409 g/mol. The first-order valence-corrected chi connectivity index (χ1v) is 9.86. The number of thiazole rings is 1. The molecule has 0 aliphatic carbocycles. The van der Waals surface area contributed by atoms with Crippen molar-refractivity contribution < 1.29 is 9.32 Å². The predicted molar refractivity (Wildman–Crippen MR) is 110 cm³/mol. The van der Waals surface area contributed by atoms with Crippen LogP contribution in [0.1, 0.15) is 21.1 Å². The lowest BCUT2D eigenvalue weighted by Gasteiger charge is -2.04. The van der Waals surface area contributed by atoms with Crippen molar-refractivity contribution in [2.24, 2.45) is 0 Å². The van der Waals surface area contributed by atoms with Crippen LogP contribution in [0.4, 0.5) is 0 Å². The average Bonchev–Trinajstić information content (AvgIpc) is 3.37. The van der Waals surface area contributed by atoms with Gasteiger partial charge in [-0.2, -0.15) is 0 Å². The Morgan fingerprint density at radius 2 is 1.82 bits per heavy atom.